The maximum Gasteiger partial charge on any atom is 0.358 e. The minimum Gasteiger partial charge on any atom is -0.456 e. The quantitative estimate of drug-likeness (QED) is 0.675. The van der Waals surface area contributed by atoms with Gasteiger partial charge in [-0.05, 0) is 37.6 Å². The number of carbonyl (C=O) groups excluding carboxylic acids is 1. The van der Waals surface area contributed by atoms with E-state index in [4.69, 9.17) is 16.3 Å². The molecule has 0 N–H and O–H groups in total. The monoisotopic (exact) mass is 341 g/mol. The van der Waals surface area contributed by atoms with Crippen molar-refractivity contribution in [2.75, 3.05) is 0 Å². The molecule has 2 aromatic heterocycles. The SMILES string of the molecule is Cc1cc(C)n(-c2ccc(Cl)c(C(=O)OCc3ccccc3)n2)n1. The smallest absolute Gasteiger partial charge is 0.358 e. The van der Waals surface area contributed by atoms with Gasteiger partial charge in [-0.3, -0.25) is 0 Å². The van der Waals surface area contributed by atoms with Crippen LogP contribution in [-0.2, 0) is 11.3 Å². The molecule has 6 heteroatoms. The lowest BCUT2D eigenvalue weighted by Gasteiger charge is -2.08. The third-order valence-electron chi connectivity index (χ3n) is 3.46. The number of rotatable bonds is 4. The summed E-state index contributed by atoms with van der Waals surface area (Å²) in [6.07, 6.45) is 0. The van der Waals surface area contributed by atoms with Crippen molar-refractivity contribution in [2.45, 2.75) is 20.5 Å². The van der Waals surface area contributed by atoms with Crippen LogP contribution < -0.4 is 0 Å². The Balaban J connectivity index is 1.83. The van der Waals surface area contributed by atoms with Crippen LogP contribution in [0.4, 0.5) is 0 Å². The zero-order chi connectivity index (χ0) is 17.1. The van der Waals surface area contributed by atoms with Crippen LogP contribution in [0, 0.1) is 13.8 Å². The number of ether oxygens (including phenoxy) is 1. The Morgan fingerprint density at radius 3 is 2.58 bits per heavy atom. The molecule has 0 saturated heterocycles. The molecule has 0 amide bonds. The topological polar surface area (TPSA) is 57.0 Å². The molecule has 122 valence electrons. The normalized spacial score (nSPS) is 10.6. The van der Waals surface area contributed by atoms with Gasteiger partial charge >= 0.3 is 5.97 Å². The zero-order valence-electron chi connectivity index (χ0n) is 13.4. The molecule has 3 aromatic rings. The third-order valence-corrected chi connectivity index (χ3v) is 3.77. The summed E-state index contributed by atoms with van der Waals surface area (Å²) in [5, 5.41) is 4.61. The van der Waals surface area contributed by atoms with E-state index in [2.05, 4.69) is 10.1 Å². The first-order valence-electron chi connectivity index (χ1n) is 7.46. The molecular weight excluding hydrogens is 326 g/mol. The molecular formula is C18H16ClN3O2. The van der Waals surface area contributed by atoms with Crippen molar-refractivity contribution in [3.63, 3.8) is 0 Å². The van der Waals surface area contributed by atoms with Gasteiger partial charge in [0.1, 0.15) is 6.61 Å². The van der Waals surface area contributed by atoms with Crippen LogP contribution in [0.25, 0.3) is 5.82 Å². The lowest BCUT2D eigenvalue weighted by Crippen LogP contribution is -2.11. The van der Waals surface area contributed by atoms with Gasteiger partial charge in [-0.15, -0.1) is 0 Å². The molecule has 24 heavy (non-hydrogen) atoms. The molecule has 0 fully saturated rings. The van der Waals surface area contributed by atoms with Crippen molar-refractivity contribution >= 4 is 17.6 Å². The number of aryl methyl sites for hydroxylation is 2. The number of pyridine rings is 1. The first kappa shape index (κ1) is 16.2. The van der Waals surface area contributed by atoms with E-state index in [-0.39, 0.29) is 17.3 Å². The average Bonchev–Trinajstić information content (AvgIpc) is 2.92. The first-order chi connectivity index (χ1) is 11.5. The summed E-state index contributed by atoms with van der Waals surface area (Å²) in [6.45, 7) is 3.99. The average molecular weight is 342 g/mol. The summed E-state index contributed by atoms with van der Waals surface area (Å²) in [4.78, 5) is 16.6. The van der Waals surface area contributed by atoms with Crippen molar-refractivity contribution in [3.8, 4) is 5.82 Å². The van der Waals surface area contributed by atoms with Crippen molar-refractivity contribution in [1.29, 1.82) is 0 Å². The molecule has 0 atom stereocenters. The predicted octanol–water partition coefficient (Wildman–Crippen LogP) is 3.89. The van der Waals surface area contributed by atoms with Gasteiger partial charge in [0.05, 0.1) is 10.7 Å². The van der Waals surface area contributed by atoms with E-state index in [0.717, 1.165) is 17.0 Å². The second-order valence-electron chi connectivity index (χ2n) is 5.40. The molecule has 5 nitrogen and oxygen atoms in total. The van der Waals surface area contributed by atoms with Gasteiger partial charge in [0.15, 0.2) is 11.5 Å². The standard InChI is InChI=1S/C18H16ClN3O2/c1-12-10-13(2)22(21-12)16-9-8-15(19)17(20-16)18(23)24-11-14-6-4-3-5-7-14/h3-10H,11H2,1-2H3. The Bertz CT molecular complexity index is 875. The summed E-state index contributed by atoms with van der Waals surface area (Å²) >= 11 is 6.11. The van der Waals surface area contributed by atoms with E-state index in [1.165, 1.54) is 0 Å². The van der Waals surface area contributed by atoms with Gasteiger partial charge in [-0.2, -0.15) is 5.10 Å². The second-order valence-corrected chi connectivity index (χ2v) is 5.81. The number of esters is 1. The molecule has 0 spiro atoms. The number of benzene rings is 1. The van der Waals surface area contributed by atoms with Gasteiger partial charge in [-0.1, -0.05) is 41.9 Å². The number of halogens is 1. The zero-order valence-corrected chi connectivity index (χ0v) is 14.1. The Hall–Kier alpha value is -2.66. The molecule has 0 aliphatic rings. The number of aromatic nitrogens is 3. The summed E-state index contributed by atoms with van der Waals surface area (Å²) in [5.41, 5.74) is 2.78. The van der Waals surface area contributed by atoms with Crippen molar-refractivity contribution in [3.05, 3.63) is 76.2 Å². The number of hydrogen-bond donors (Lipinski definition) is 0. The van der Waals surface area contributed by atoms with Crippen LogP contribution in [0.5, 0.6) is 0 Å². The fraction of sp³-hybridized carbons (Fsp3) is 0.167. The van der Waals surface area contributed by atoms with E-state index >= 15 is 0 Å². The molecule has 2 heterocycles. The van der Waals surface area contributed by atoms with Crippen LogP contribution in [0.2, 0.25) is 5.02 Å². The first-order valence-corrected chi connectivity index (χ1v) is 7.83. The highest BCUT2D eigenvalue weighted by Crippen LogP contribution is 2.19. The van der Waals surface area contributed by atoms with Crippen molar-refractivity contribution in [1.82, 2.24) is 14.8 Å². The van der Waals surface area contributed by atoms with Crippen LogP contribution >= 0.6 is 11.6 Å². The highest BCUT2D eigenvalue weighted by Gasteiger charge is 2.16. The Morgan fingerprint density at radius 1 is 1.17 bits per heavy atom. The summed E-state index contributed by atoms with van der Waals surface area (Å²) < 4.78 is 6.97. The van der Waals surface area contributed by atoms with Gasteiger partial charge < -0.3 is 4.74 Å². The van der Waals surface area contributed by atoms with Gasteiger partial charge in [-0.25, -0.2) is 14.5 Å². The lowest BCUT2D eigenvalue weighted by molar-refractivity contribution is 0.0466. The number of hydrogen-bond acceptors (Lipinski definition) is 4. The maximum atomic E-state index is 12.3. The number of carbonyl (C=O) groups is 1. The molecule has 0 radical (unpaired) electrons. The Kier molecular flexibility index (Phi) is 4.62. The summed E-state index contributed by atoms with van der Waals surface area (Å²) in [5.74, 6) is -0.0381. The Morgan fingerprint density at radius 2 is 1.92 bits per heavy atom. The van der Waals surface area contributed by atoms with Gasteiger partial charge in [0.2, 0.25) is 0 Å². The highest BCUT2D eigenvalue weighted by molar-refractivity contribution is 6.33. The third kappa shape index (κ3) is 3.46. The molecule has 0 bridgehead atoms. The van der Waals surface area contributed by atoms with Crippen LogP contribution in [0.15, 0.2) is 48.5 Å². The minimum atomic E-state index is -0.563. The fourth-order valence-corrected chi connectivity index (χ4v) is 2.53. The number of nitrogens with zero attached hydrogens (tertiary/aromatic N) is 3. The Labute approximate surface area is 144 Å². The van der Waals surface area contributed by atoms with E-state index < -0.39 is 5.97 Å². The van der Waals surface area contributed by atoms with E-state index in [9.17, 15) is 4.79 Å². The maximum absolute atomic E-state index is 12.3. The van der Waals surface area contributed by atoms with Gasteiger partial charge in [0, 0.05) is 5.69 Å². The van der Waals surface area contributed by atoms with E-state index in [1.54, 1.807) is 16.8 Å². The molecule has 0 unspecified atom stereocenters. The molecule has 0 aliphatic carbocycles. The van der Waals surface area contributed by atoms with Crippen LogP contribution in [0.1, 0.15) is 27.4 Å². The minimum absolute atomic E-state index is 0.0812. The molecule has 0 aliphatic heterocycles. The summed E-state index contributed by atoms with van der Waals surface area (Å²) in [6, 6.07) is 14.7. The van der Waals surface area contributed by atoms with E-state index in [0.29, 0.717) is 5.82 Å². The molecule has 1 aromatic carbocycles. The summed E-state index contributed by atoms with van der Waals surface area (Å²) in [7, 11) is 0. The van der Waals surface area contributed by atoms with Gasteiger partial charge in [0.25, 0.3) is 0 Å². The van der Waals surface area contributed by atoms with Crippen LogP contribution in [-0.4, -0.2) is 20.7 Å². The molecule has 3 rings (SSSR count). The fourth-order valence-electron chi connectivity index (χ4n) is 2.35. The lowest BCUT2D eigenvalue weighted by atomic mass is 10.2. The van der Waals surface area contributed by atoms with E-state index in [1.807, 2.05) is 50.2 Å². The van der Waals surface area contributed by atoms with Crippen molar-refractivity contribution < 1.29 is 9.53 Å². The second kappa shape index (κ2) is 6.84. The molecule has 0 saturated carbocycles. The predicted molar refractivity (Wildman–Crippen MR) is 91.4 cm³/mol. The highest BCUT2D eigenvalue weighted by atomic mass is 35.5. The van der Waals surface area contributed by atoms with Crippen LogP contribution in [0.3, 0.4) is 0 Å². The van der Waals surface area contributed by atoms with Crippen molar-refractivity contribution in [2.24, 2.45) is 0 Å². The largest absolute Gasteiger partial charge is 0.456 e.